The number of nitrogens with two attached hydrogens (primary N) is 1. The molecule has 0 unspecified atom stereocenters. The lowest BCUT2D eigenvalue weighted by atomic mass is 10.1. The summed E-state index contributed by atoms with van der Waals surface area (Å²) in [6.45, 7) is 8.55. The maximum Gasteiger partial charge on any atom is 0.0601 e. The molecule has 0 amide bonds. The van der Waals surface area contributed by atoms with Crippen LogP contribution in [-0.2, 0) is 0 Å². The van der Waals surface area contributed by atoms with Gasteiger partial charge in [0.15, 0.2) is 0 Å². The smallest absolute Gasteiger partial charge is 0.0601 e. The molecule has 0 bridgehead atoms. The lowest BCUT2D eigenvalue weighted by molar-refractivity contribution is 0.407. The molecule has 1 aromatic rings. The Morgan fingerprint density at radius 1 is 1.25 bits per heavy atom. The van der Waals surface area contributed by atoms with Crippen molar-refractivity contribution in [3.05, 3.63) is 23.8 Å². The zero-order valence-electron chi connectivity index (χ0n) is 10.3. The average Bonchev–Trinajstić information content (AvgIpc) is 2.15. The predicted molar refractivity (Wildman–Crippen MR) is 69.9 cm³/mol. The molecule has 2 rings (SSSR count). The van der Waals surface area contributed by atoms with Gasteiger partial charge in [-0.2, -0.15) is 0 Å². The average molecular weight is 219 g/mol. The Morgan fingerprint density at radius 3 is 2.44 bits per heavy atom. The highest BCUT2D eigenvalue weighted by molar-refractivity contribution is 5.68. The molecule has 88 valence electrons. The minimum Gasteiger partial charge on any atom is -0.397 e. The third-order valence-electron chi connectivity index (χ3n) is 3.08. The van der Waals surface area contributed by atoms with Crippen molar-refractivity contribution in [1.82, 2.24) is 5.32 Å². The van der Waals surface area contributed by atoms with Crippen molar-refractivity contribution in [2.75, 3.05) is 23.7 Å². The highest BCUT2D eigenvalue weighted by Gasteiger charge is 2.22. The number of benzene rings is 1. The second-order valence-corrected chi connectivity index (χ2v) is 4.94. The van der Waals surface area contributed by atoms with E-state index in [2.05, 4.69) is 43.1 Å². The molecule has 1 saturated heterocycles. The summed E-state index contributed by atoms with van der Waals surface area (Å²) in [6.07, 6.45) is 0. The van der Waals surface area contributed by atoms with Crippen molar-refractivity contribution in [2.24, 2.45) is 0 Å². The Balaban J connectivity index is 2.23. The molecule has 1 fully saturated rings. The number of anilines is 2. The van der Waals surface area contributed by atoms with Crippen molar-refractivity contribution in [3.63, 3.8) is 0 Å². The van der Waals surface area contributed by atoms with Crippen molar-refractivity contribution in [1.29, 1.82) is 0 Å². The molecule has 1 aromatic carbocycles. The number of rotatable bonds is 1. The van der Waals surface area contributed by atoms with E-state index in [1.807, 2.05) is 6.07 Å². The van der Waals surface area contributed by atoms with E-state index >= 15 is 0 Å². The Hall–Kier alpha value is -1.22. The molecule has 0 saturated carbocycles. The van der Waals surface area contributed by atoms with Crippen LogP contribution in [0.25, 0.3) is 0 Å². The first-order chi connectivity index (χ1) is 7.56. The van der Waals surface area contributed by atoms with E-state index in [9.17, 15) is 0 Å². The van der Waals surface area contributed by atoms with Gasteiger partial charge in [-0.05, 0) is 38.5 Å². The Kier molecular flexibility index (Phi) is 3.06. The highest BCUT2D eigenvalue weighted by Crippen LogP contribution is 2.25. The quantitative estimate of drug-likeness (QED) is 0.707. The van der Waals surface area contributed by atoms with Crippen LogP contribution in [0.4, 0.5) is 11.4 Å². The van der Waals surface area contributed by atoms with Crippen LogP contribution in [-0.4, -0.2) is 25.2 Å². The molecule has 0 radical (unpaired) electrons. The van der Waals surface area contributed by atoms with Crippen LogP contribution < -0.4 is 16.0 Å². The SMILES string of the molecule is Cc1ccc(N2C[C@H](C)N[C@@H](C)C2)c(N)c1. The van der Waals surface area contributed by atoms with Gasteiger partial charge < -0.3 is 16.0 Å². The third kappa shape index (κ3) is 2.30. The molecule has 0 aliphatic carbocycles. The zero-order chi connectivity index (χ0) is 11.7. The number of hydrogen-bond acceptors (Lipinski definition) is 3. The maximum absolute atomic E-state index is 6.08. The van der Waals surface area contributed by atoms with Gasteiger partial charge in [-0.3, -0.25) is 0 Å². The molecular weight excluding hydrogens is 198 g/mol. The number of hydrogen-bond donors (Lipinski definition) is 2. The highest BCUT2D eigenvalue weighted by atomic mass is 15.2. The van der Waals surface area contributed by atoms with Crippen molar-refractivity contribution < 1.29 is 0 Å². The van der Waals surface area contributed by atoms with E-state index < -0.39 is 0 Å². The van der Waals surface area contributed by atoms with Gasteiger partial charge >= 0.3 is 0 Å². The molecule has 2 atom stereocenters. The lowest BCUT2D eigenvalue weighted by Gasteiger charge is -2.38. The topological polar surface area (TPSA) is 41.3 Å². The van der Waals surface area contributed by atoms with Crippen molar-refractivity contribution >= 4 is 11.4 Å². The first-order valence-electron chi connectivity index (χ1n) is 5.93. The Bertz CT molecular complexity index is 365. The summed E-state index contributed by atoms with van der Waals surface area (Å²) in [5.41, 5.74) is 9.36. The first-order valence-corrected chi connectivity index (χ1v) is 5.93. The summed E-state index contributed by atoms with van der Waals surface area (Å²) in [6, 6.07) is 7.35. The summed E-state index contributed by atoms with van der Waals surface area (Å²) in [5, 5.41) is 3.53. The van der Waals surface area contributed by atoms with Crippen LogP contribution in [0, 0.1) is 6.92 Å². The molecule has 16 heavy (non-hydrogen) atoms. The molecule has 1 heterocycles. The fourth-order valence-electron chi connectivity index (χ4n) is 2.49. The molecule has 1 aliphatic heterocycles. The molecule has 1 aliphatic rings. The maximum atomic E-state index is 6.08. The lowest BCUT2D eigenvalue weighted by Crippen LogP contribution is -2.54. The van der Waals surface area contributed by atoms with Crippen LogP contribution in [0.15, 0.2) is 18.2 Å². The Morgan fingerprint density at radius 2 is 1.88 bits per heavy atom. The number of nitrogens with zero attached hydrogens (tertiary/aromatic N) is 1. The minimum atomic E-state index is 0.518. The molecule has 3 heteroatoms. The van der Waals surface area contributed by atoms with Gasteiger partial charge in [0, 0.05) is 25.2 Å². The minimum absolute atomic E-state index is 0.518. The van der Waals surface area contributed by atoms with Crippen LogP contribution >= 0.6 is 0 Å². The summed E-state index contributed by atoms with van der Waals surface area (Å²) in [4.78, 5) is 2.38. The van der Waals surface area contributed by atoms with Crippen LogP contribution in [0.2, 0.25) is 0 Å². The van der Waals surface area contributed by atoms with Gasteiger partial charge in [0.25, 0.3) is 0 Å². The molecule has 3 N–H and O–H groups in total. The van der Waals surface area contributed by atoms with Crippen LogP contribution in [0.1, 0.15) is 19.4 Å². The normalized spacial score (nSPS) is 25.8. The fourth-order valence-corrected chi connectivity index (χ4v) is 2.49. The second kappa shape index (κ2) is 4.34. The van der Waals surface area contributed by atoms with Gasteiger partial charge in [-0.25, -0.2) is 0 Å². The zero-order valence-corrected chi connectivity index (χ0v) is 10.3. The van der Waals surface area contributed by atoms with Gasteiger partial charge in [-0.1, -0.05) is 6.07 Å². The van der Waals surface area contributed by atoms with E-state index in [1.165, 1.54) is 11.3 Å². The van der Waals surface area contributed by atoms with Gasteiger partial charge in [0.05, 0.1) is 11.4 Å². The molecule has 0 spiro atoms. The molecule has 0 aromatic heterocycles. The summed E-state index contributed by atoms with van der Waals surface area (Å²) >= 11 is 0. The van der Waals surface area contributed by atoms with E-state index in [-0.39, 0.29) is 0 Å². The van der Waals surface area contributed by atoms with Crippen LogP contribution in [0.3, 0.4) is 0 Å². The predicted octanol–water partition coefficient (Wildman–Crippen LogP) is 1.76. The van der Waals surface area contributed by atoms with Crippen LogP contribution in [0.5, 0.6) is 0 Å². The summed E-state index contributed by atoms with van der Waals surface area (Å²) in [5.74, 6) is 0. The van der Waals surface area contributed by atoms with Gasteiger partial charge in [0.2, 0.25) is 0 Å². The van der Waals surface area contributed by atoms with E-state index in [4.69, 9.17) is 5.73 Å². The number of aryl methyl sites for hydroxylation is 1. The number of piperazine rings is 1. The Labute approximate surface area is 97.6 Å². The van der Waals surface area contributed by atoms with Crippen molar-refractivity contribution in [3.8, 4) is 0 Å². The van der Waals surface area contributed by atoms with E-state index in [0.29, 0.717) is 12.1 Å². The van der Waals surface area contributed by atoms with Gasteiger partial charge in [-0.15, -0.1) is 0 Å². The fraction of sp³-hybridized carbons (Fsp3) is 0.538. The number of nitrogens with one attached hydrogen (secondary N) is 1. The van der Waals surface area contributed by atoms with E-state index in [0.717, 1.165) is 18.8 Å². The summed E-state index contributed by atoms with van der Waals surface area (Å²) in [7, 11) is 0. The number of nitrogen functional groups attached to an aromatic ring is 1. The largest absolute Gasteiger partial charge is 0.397 e. The second-order valence-electron chi connectivity index (χ2n) is 4.94. The van der Waals surface area contributed by atoms with E-state index in [1.54, 1.807) is 0 Å². The summed E-state index contributed by atoms with van der Waals surface area (Å²) < 4.78 is 0. The van der Waals surface area contributed by atoms with Gasteiger partial charge in [0.1, 0.15) is 0 Å². The molecular formula is C13H21N3. The third-order valence-corrected chi connectivity index (χ3v) is 3.08. The standard InChI is InChI=1S/C13H21N3/c1-9-4-5-13(12(14)6-9)16-7-10(2)15-11(3)8-16/h4-6,10-11,15H,7-8,14H2,1-3H3/t10-,11-/m0/s1. The molecule has 3 nitrogen and oxygen atoms in total. The first kappa shape index (κ1) is 11.3. The monoisotopic (exact) mass is 219 g/mol. The van der Waals surface area contributed by atoms with Crippen molar-refractivity contribution in [2.45, 2.75) is 32.9 Å².